The Morgan fingerprint density at radius 2 is 1.91 bits per heavy atom. The number of piperidine rings is 1. The minimum Gasteiger partial charge on any atom is -0.451 e. The Balaban J connectivity index is 1.40. The van der Waals surface area contributed by atoms with Crippen LogP contribution in [0.3, 0.4) is 0 Å². The Bertz CT molecular complexity index is 1010. The van der Waals surface area contributed by atoms with Gasteiger partial charge >= 0.3 is 6.09 Å². The minimum atomic E-state index is -0.508. The number of nitrogens with zero attached hydrogens (tertiary/aromatic N) is 4. The summed E-state index contributed by atoms with van der Waals surface area (Å²) in [4.78, 5) is 35.9. The van der Waals surface area contributed by atoms with E-state index in [1.165, 1.54) is 24.7 Å². The first-order valence-corrected chi connectivity index (χ1v) is 10.6. The quantitative estimate of drug-likeness (QED) is 0.660. The van der Waals surface area contributed by atoms with Gasteiger partial charge in [0.25, 0.3) is 0 Å². The Hall–Kier alpha value is -3.23. The highest BCUT2D eigenvalue weighted by Gasteiger charge is 2.47. The average molecular weight is 442 g/mol. The molecule has 0 radical (unpaired) electrons. The largest absolute Gasteiger partial charge is 0.451 e. The maximum atomic E-state index is 13.4. The molecule has 0 saturated carbocycles. The smallest absolute Gasteiger partial charge is 0.410 e. The number of amides is 1. The second-order valence-corrected chi connectivity index (χ2v) is 9.44. The molecule has 9 heteroatoms. The van der Waals surface area contributed by atoms with Crippen LogP contribution < -0.4 is 9.64 Å². The maximum absolute atomic E-state index is 13.4. The lowest BCUT2D eigenvalue weighted by Crippen LogP contribution is -2.61. The molecule has 1 aromatic heterocycles. The third-order valence-corrected chi connectivity index (χ3v) is 5.81. The highest BCUT2D eigenvalue weighted by molar-refractivity contribution is 5.79. The van der Waals surface area contributed by atoms with E-state index in [0.29, 0.717) is 30.9 Å². The predicted molar refractivity (Wildman–Crippen MR) is 116 cm³/mol. The Morgan fingerprint density at radius 1 is 1.19 bits per heavy atom. The molecule has 8 nitrogen and oxygen atoms in total. The zero-order valence-electron chi connectivity index (χ0n) is 18.5. The third-order valence-electron chi connectivity index (χ3n) is 5.81. The fourth-order valence-electron chi connectivity index (χ4n) is 4.16. The lowest BCUT2D eigenvalue weighted by molar-refractivity contribution is 0.00586. The van der Waals surface area contributed by atoms with Gasteiger partial charge in [0.2, 0.25) is 0 Å². The molecule has 170 valence electrons. The Labute approximate surface area is 186 Å². The lowest BCUT2D eigenvalue weighted by atomic mass is 9.72. The molecule has 0 unspecified atom stereocenters. The molecule has 1 aromatic carbocycles. The van der Waals surface area contributed by atoms with E-state index in [9.17, 15) is 14.0 Å². The number of aldehydes is 1. The first kappa shape index (κ1) is 22.0. The van der Waals surface area contributed by atoms with Crippen molar-refractivity contribution >= 4 is 18.2 Å². The summed E-state index contributed by atoms with van der Waals surface area (Å²) in [6.07, 6.45) is 5.05. The van der Waals surface area contributed by atoms with Crippen LogP contribution in [0, 0.1) is 11.2 Å². The number of hydrogen-bond donors (Lipinski definition) is 0. The third kappa shape index (κ3) is 4.66. The molecular weight excluding hydrogens is 415 g/mol. The lowest BCUT2D eigenvalue weighted by Gasteiger charge is -2.54. The van der Waals surface area contributed by atoms with E-state index in [1.54, 1.807) is 4.90 Å². The zero-order chi connectivity index (χ0) is 22.9. The zero-order valence-corrected chi connectivity index (χ0v) is 18.5. The van der Waals surface area contributed by atoms with Crippen LogP contribution in [0.2, 0.25) is 0 Å². The number of likely N-dealkylation sites (tertiary alicyclic amines) is 1. The Kier molecular flexibility index (Phi) is 5.75. The summed E-state index contributed by atoms with van der Waals surface area (Å²) in [5, 5.41) is 0. The van der Waals surface area contributed by atoms with Gasteiger partial charge in [-0.3, -0.25) is 4.79 Å². The number of halogens is 1. The van der Waals surface area contributed by atoms with E-state index in [1.807, 2.05) is 20.8 Å². The molecule has 2 fully saturated rings. The van der Waals surface area contributed by atoms with Crippen LogP contribution in [0.4, 0.5) is 15.0 Å². The average Bonchev–Trinajstić information content (AvgIpc) is 2.72. The van der Waals surface area contributed by atoms with Gasteiger partial charge in [0.1, 0.15) is 23.5 Å². The van der Waals surface area contributed by atoms with Gasteiger partial charge in [-0.2, -0.15) is 0 Å². The number of benzene rings is 1. The van der Waals surface area contributed by atoms with Crippen LogP contribution in [0.1, 0.15) is 44.0 Å². The van der Waals surface area contributed by atoms with Crippen molar-refractivity contribution in [3.8, 4) is 11.5 Å². The van der Waals surface area contributed by atoms with Crippen molar-refractivity contribution in [2.45, 2.75) is 39.2 Å². The normalized spacial score (nSPS) is 17.6. The first-order chi connectivity index (χ1) is 15.2. The molecule has 0 aliphatic carbocycles. The van der Waals surface area contributed by atoms with Crippen molar-refractivity contribution in [2.24, 2.45) is 5.41 Å². The highest BCUT2D eigenvalue weighted by Crippen LogP contribution is 2.45. The van der Waals surface area contributed by atoms with E-state index in [2.05, 4.69) is 14.9 Å². The Morgan fingerprint density at radius 3 is 2.56 bits per heavy atom. The van der Waals surface area contributed by atoms with Crippen LogP contribution in [-0.2, 0) is 4.74 Å². The van der Waals surface area contributed by atoms with Crippen molar-refractivity contribution in [3.63, 3.8) is 0 Å². The summed E-state index contributed by atoms with van der Waals surface area (Å²) in [7, 11) is 0. The van der Waals surface area contributed by atoms with Gasteiger partial charge in [-0.15, -0.1) is 0 Å². The first-order valence-electron chi connectivity index (χ1n) is 10.6. The number of hydrogen-bond acceptors (Lipinski definition) is 7. The second-order valence-electron chi connectivity index (χ2n) is 9.44. The second kappa shape index (κ2) is 8.37. The molecule has 0 atom stereocenters. The molecule has 2 aromatic rings. The van der Waals surface area contributed by atoms with Crippen molar-refractivity contribution in [1.82, 2.24) is 14.9 Å². The van der Waals surface area contributed by atoms with Gasteiger partial charge in [-0.25, -0.2) is 19.2 Å². The van der Waals surface area contributed by atoms with E-state index >= 15 is 0 Å². The van der Waals surface area contributed by atoms with Crippen molar-refractivity contribution < 1.29 is 23.5 Å². The topological polar surface area (TPSA) is 84.9 Å². The number of carbonyl (C=O) groups excluding carboxylic acids is 2. The molecule has 0 N–H and O–H groups in total. The molecule has 2 aliphatic heterocycles. The molecule has 4 rings (SSSR count). The minimum absolute atomic E-state index is 0.116. The van der Waals surface area contributed by atoms with Crippen molar-refractivity contribution in [1.29, 1.82) is 0 Å². The summed E-state index contributed by atoms with van der Waals surface area (Å²) in [6.45, 7) is 8.49. The summed E-state index contributed by atoms with van der Waals surface area (Å²) >= 11 is 0. The van der Waals surface area contributed by atoms with Crippen LogP contribution in [0.25, 0.3) is 0 Å². The van der Waals surface area contributed by atoms with Gasteiger partial charge in [0, 0.05) is 31.6 Å². The molecule has 1 spiro atoms. The van der Waals surface area contributed by atoms with Crippen molar-refractivity contribution in [3.05, 3.63) is 42.1 Å². The SMILES string of the molecule is CC(C)(C)OC(=O)N1CCC2(CC1)CN(c1ncncc1Oc1ccc(F)cc1C=O)C2. The number of ether oxygens (including phenoxy) is 2. The highest BCUT2D eigenvalue weighted by atomic mass is 19.1. The summed E-state index contributed by atoms with van der Waals surface area (Å²) in [5.74, 6) is 0.773. The fourth-order valence-corrected chi connectivity index (χ4v) is 4.16. The van der Waals surface area contributed by atoms with E-state index in [-0.39, 0.29) is 22.8 Å². The standard InChI is InChI=1S/C23H27FN4O4/c1-22(2,3)32-21(30)27-8-6-23(7-9-27)13-28(14-23)20-19(11-25-15-26-20)31-18-5-4-17(24)10-16(18)12-29/h4-5,10-12,15H,6-9,13-14H2,1-3H3. The molecule has 1 amide bonds. The molecular formula is C23H27FN4O4. The number of rotatable bonds is 4. The molecule has 32 heavy (non-hydrogen) atoms. The van der Waals surface area contributed by atoms with Gasteiger partial charge in [0.15, 0.2) is 17.9 Å². The molecule has 3 heterocycles. The van der Waals surface area contributed by atoms with Crippen molar-refractivity contribution in [2.75, 3.05) is 31.1 Å². The predicted octanol–water partition coefficient (Wildman–Crippen LogP) is 4.06. The van der Waals surface area contributed by atoms with Crippen LogP contribution in [0.15, 0.2) is 30.7 Å². The number of aromatic nitrogens is 2. The molecule has 2 aliphatic rings. The van der Waals surface area contributed by atoms with Crippen LogP contribution in [0.5, 0.6) is 11.5 Å². The molecule has 2 saturated heterocycles. The summed E-state index contributed by atoms with van der Waals surface area (Å²) in [6, 6.07) is 3.78. The monoisotopic (exact) mass is 442 g/mol. The maximum Gasteiger partial charge on any atom is 0.410 e. The summed E-state index contributed by atoms with van der Waals surface area (Å²) < 4.78 is 24.8. The van der Waals surface area contributed by atoms with Crippen LogP contribution >= 0.6 is 0 Å². The molecule has 0 bridgehead atoms. The summed E-state index contributed by atoms with van der Waals surface area (Å²) in [5.41, 5.74) is -0.267. The number of carbonyl (C=O) groups is 2. The van der Waals surface area contributed by atoms with Gasteiger partial charge in [-0.1, -0.05) is 0 Å². The van der Waals surface area contributed by atoms with Gasteiger partial charge < -0.3 is 19.3 Å². The van der Waals surface area contributed by atoms with E-state index in [4.69, 9.17) is 9.47 Å². The number of anilines is 1. The fraction of sp³-hybridized carbons (Fsp3) is 0.478. The van der Waals surface area contributed by atoms with Crippen LogP contribution in [-0.4, -0.2) is 59.0 Å². The van der Waals surface area contributed by atoms with Gasteiger partial charge in [-0.05, 0) is 51.8 Å². The van der Waals surface area contributed by atoms with E-state index in [0.717, 1.165) is 32.0 Å². The van der Waals surface area contributed by atoms with Gasteiger partial charge in [0.05, 0.1) is 11.8 Å². The van der Waals surface area contributed by atoms with E-state index < -0.39 is 11.4 Å².